The van der Waals surface area contributed by atoms with Crippen molar-refractivity contribution < 1.29 is 14.3 Å². The summed E-state index contributed by atoms with van der Waals surface area (Å²) in [7, 11) is 0. The number of esters is 1. The fourth-order valence-electron chi connectivity index (χ4n) is 1.67. The molecule has 0 aliphatic rings. The summed E-state index contributed by atoms with van der Waals surface area (Å²) in [6, 6.07) is 13.8. The number of carbonyl (C=O) groups excluding carboxylic acids is 1. The predicted molar refractivity (Wildman–Crippen MR) is 88.1 cm³/mol. The Morgan fingerprint density at radius 3 is 2.09 bits per heavy atom. The molecule has 0 heterocycles. The van der Waals surface area contributed by atoms with Gasteiger partial charge >= 0.3 is 5.97 Å². The van der Waals surface area contributed by atoms with Gasteiger partial charge in [-0.05, 0) is 55.0 Å². The van der Waals surface area contributed by atoms with Crippen molar-refractivity contribution in [2.24, 2.45) is 0 Å². The topological polar surface area (TPSA) is 35.5 Å². The summed E-state index contributed by atoms with van der Waals surface area (Å²) in [5.74, 6) is 0.0524. The molecular weight excluding hydrogens is 323 g/mol. The molecule has 2 aromatic rings. The van der Waals surface area contributed by atoms with E-state index in [1.807, 2.05) is 0 Å². The molecule has 0 spiro atoms. The van der Waals surface area contributed by atoms with Crippen molar-refractivity contribution in [2.75, 3.05) is 6.61 Å². The van der Waals surface area contributed by atoms with E-state index in [1.165, 1.54) is 0 Å². The molecule has 2 rings (SSSR count). The van der Waals surface area contributed by atoms with E-state index in [0.29, 0.717) is 15.8 Å². The highest BCUT2D eigenvalue weighted by Gasteiger charge is 2.13. The van der Waals surface area contributed by atoms with Crippen molar-refractivity contribution in [1.82, 2.24) is 0 Å². The fraction of sp³-hybridized carbons (Fsp3) is 0.118. The molecule has 0 aromatic heterocycles. The molecule has 0 saturated heterocycles. The van der Waals surface area contributed by atoms with Crippen molar-refractivity contribution in [3.63, 3.8) is 0 Å². The summed E-state index contributed by atoms with van der Waals surface area (Å²) in [4.78, 5) is 12.0. The van der Waals surface area contributed by atoms with Crippen LogP contribution in [0.3, 0.4) is 0 Å². The number of halogens is 2. The van der Waals surface area contributed by atoms with Gasteiger partial charge in [-0.2, -0.15) is 0 Å². The number of ether oxygens (including phenoxy) is 2. The van der Waals surface area contributed by atoms with Gasteiger partial charge in [-0.25, -0.2) is 4.79 Å². The van der Waals surface area contributed by atoms with Crippen LogP contribution in [0.5, 0.6) is 5.75 Å². The van der Waals surface area contributed by atoms with Crippen LogP contribution in [-0.4, -0.2) is 12.6 Å². The van der Waals surface area contributed by atoms with E-state index in [2.05, 4.69) is 0 Å². The Morgan fingerprint density at radius 1 is 1.00 bits per heavy atom. The van der Waals surface area contributed by atoms with Gasteiger partial charge in [0, 0.05) is 10.0 Å². The Bertz CT molecular complexity index is 661. The third-order valence-corrected chi connectivity index (χ3v) is 3.19. The Morgan fingerprint density at radius 2 is 1.55 bits per heavy atom. The Balaban J connectivity index is 2.27. The lowest BCUT2D eigenvalue weighted by Crippen LogP contribution is -2.12. The van der Waals surface area contributed by atoms with Crippen molar-refractivity contribution >= 4 is 35.2 Å². The van der Waals surface area contributed by atoms with Crippen LogP contribution in [0.15, 0.2) is 54.3 Å². The molecule has 0 fully saturated rings. The van der Waals surface area contributed by atoms with Gasteiger partial charge in [0.1, 0.15) is 5.75 Å². The third kappa shape index (κ3) is 4.79. The molecule has 0 atom stereocenters. The van der Waals surface area contributed by atoms with Crippen molar-refractivity contribution in [1.29, 1.82) is 0 Å². The van der Waals surface area contributed by atoms with Gasteiger partial charge in [-0.15, -0.1) is 0 Å². The minimum atomic E-state index is -0.535. The molecule has 2 aromatic carbocycles. The summed E-state index contributed by atoms with van der Waals surface area (Å²) < 4.78 is 10.6. The van der Waals surface area contributed by atoms with Crippen LogP contribution >= 0.6 is 23.2 Å². The largest absolute Gasteiger partial charge is 0.460 e. The van der Waals surface area contributed by atoms with Gasteiger partial charge in [0.15, 0.2) is 0 Å². The summed E-state index contributed by atoms with van der Waals surface area (Å²) in [5.41, 5.74) is 0.779. The highest BCUT2D eigenvalue weighted by atomic mass is 35.5. The van der Waals surface area contributed by atoms with E-state index in [4.69, 9.17) is 32.7 Å². The van der Waals surface area contributed by atoms with Crippen LogP contribution in [-0.2, 0) is 9.53 Å². The first-order valence-corrected chi connectivity index (χ1v) is 7.42. The highest BCUT2D eigenvalue weighted by Crippen LogP contribution is 2.20. The first-order chi connectivity index (χ1) is 10.6. The van der Waals surface area contributed by atoms with E-state index in [0.717, 1.165) is 5.56 Å². The summed E-state index contributed by atoms with van der Waals surface area (Å²) in [6.45, 7) is 2.00. The highest BCUT2D eigenvalue weighted by molar-refractivity contribution is 6.30. The van der Waals surface area contributed by atoms with Crippen molar-refractivity contribution in [3.05, 3.63) is 69.9 Å². The van der Waals surface area contributed by atoms with E-state index >= 15 is 0 Å². The third-order valence-electron chi connectivity index (χ3n) is 2.69. The van der Waals surface area contributed by atoms with E-state index < -0.39 is 5.97 Å². The van der Waals surface area contributed by atoms with Crippen LogP contribution in [0.25, 0.3) is 6.08 Å². The molecule has 0 unspecified atom stereocenters. The lowest BCUT2D eigenvalue weighted by Gasteiger charge is -2.09. The van der Waals surface area contributed by atoms with Gasteiger partial charge in [-0.3, -0.25) is 0 Å². The fourth-order valence-corrected chi connectivity index (χ4v) is 1.92. The number of carbonyl (C=O) groups is 1. The minimum Gasteiger partial charge on any atom is -0.460 e. The predicted octanol–water partition coefficient (Wildman–Crippen LogP) is 4.98. The van der Waals surface area contributed by atoms with Gasteiger partial charge in [0.05, 0.1) is 6.61 Å². The van der Waals surface area contributed by atoms with Gasteiger partial charge < -0.3 is 9.47 Å². The van der Waals surface area contributed by atoms with Crippen LogP contribution in [0.4, 0.5) is 0 Å². The lowest BCUT2D eigenvalue weighted by atomic mass is 10.2. The van der Waals surface area contributed by atoms with E-state index in [-0.39, 0.29) is 12.4 Å². The molecule has 22 heavy (non-hydrogen) atoms. The molecule has 0 radical (unpaired) electrons. The van der Waals surface area contributed by atoms with Gasteiger partial charge in [-0.1, -0.05) is 35.3 Å². The van der Waals surface area contributed by atoms with E-state index in [1.54, 1.807) is 61.5 Å². The molecule has 0 aliphatic heterocycles. The van der Waals surface area contributed by atoms with Crippen molar-refractivity contribution in [2.45, 2.75) is 6.92 Å². The Labute approximate surface area is 139 Å². The number of benzene rings is 2. The van der Waals surface area contributed by atoms with Crippen LogP contribution in [0.1, 0.15) is 12.5 Å². The summed E-state index contributed by atoms with van der Waals surface area (Å²) >= 11 is 11.7. The number of hydrogen-bond donors (Lipinski definition) is 0. The Kier molecular flexibility index (Phi) is 5.87. The number of hydrogen-bond acceptors (Lipinski definition) is 3. The number of rotatable bonds is 5. The second kappa shape index (κ2) is 7.87. The molecule has 0 aliphatic carbocycles. The molecule has 3 nitrogen and oxygen atoms in total. The maximum absolute atomic E-state index is 12.0. The van der Waals surface area contributed by atoms with Crippen LogP contribution in [0, 0.1) is 0 Å². The normalized spacial score (nSPS) is 11.1. The molecule has 0 N–H and O–H groups in total. The first-order valence-electron chi connectivity index (χ1n) is 6.66. The van der Waals surface area contributed by atoms with Crippen LogP contribution < -0.4 is 4.74 Å². The quantitative estimate of drug-likeness (QED) is 0.439. The minimum absolute atomic E-state index is 0.0893. The zero-order valence-corrected chi connectivity index (χ0v) is 13.4. The van der Waals surface area contributed by atoms with Crippen molar-refractivity contribution in [3.8, 4) is 5.75 Å². The average Bonchev–Trinajstić information content (AvgIpc) is 2.51. The zero-order valence-electron chi connectivity index (χ0n) is 11.9. The SMILES string of the molecule is CCOC(=O)/C(=C/c1ccc(Cl)cc1)Oc1ccc(Cl)cc1. The monoisotopic (exact) mass is 336 g/mol. The molecule has 114 valence electrons. The maximum atomic E-state index is 12.0. The zero-order chi connectivity index (χ0) is 15.9. The second-order valence-electron chi connectivity index (χ2n) is 4.34. The second-order valence-corrected chi connectivity index (χ2v) is 5.21. The van der Waals surface area contributed by atoms with E-state index in [9.17, 15) is 4.79 Å². The smallest absolute Gasteiger partial charge is 0.374 e. The standard InChI is InChI=1S/C17H14Cl2O3/c1-2-21-17(20)16(11-12-3-5-13(18)6-4-12)22-15-9-7-14(19)8-10-15/h3-11H,2H2,1H3/b16-11-. The van der Waals surface area contributed by atoms with Gasteiger partial charge in [0.2, 0.25) is 5.76 Å². The summed E-state index contributed by atoms with van der Waals surface area (Å²) in [5, 5.41) is 1.21. The van der Waals surface area contributed by atoms with Crippen LogP contribution in [0.2, 0.25) is 10.0 Å². The molecular formula is C17H14Cl2O3. The molecule has 0 bridgehead atoms. The average molecular weight is 337 g/mol. The molecule has 0 saturated carbocycles. The maximum Gasteiger partial charge on any atom is 0.374 e. The summed E-state index contributed by atoms with van der Waals surface area (Å²) in [6.07, 6.45) is 1.60. The lowest BCUT2D eigenvalue weighted by molar-refractivity contribution is -0.140. The van der Waals surface area contributed by atoms with Gasteiger partial charge in [0.25, 0.3) is 0 Å². The Hall–Kier alpha value is -1.97. The molecule has 0 amide bonds. The molecule has 5 heteroatoms. The first kappa shape index (κ1) is 16.4.